The Morgan fingerprint density at radius 1 is 0.500 bits per heavy atom. The fraction of sp³-hybridized carbons (Fsp3) is 0. The van der Waals surface area contributed by atoms with Gasteiger partial charge in [-0.1, -0.05) is 0 Å². The van der Waals surface area contributed by atoms with Crippen molar-refractivity contribution in [3.05, 3.63) is 0 Å². The summed E-state index contributed by atoms with van der Waals surface area (Å²) in [5.41, 5.74) is 0. The van der Waals surface area contributed by atoms with Crippen LogP contribution in [0.15, 0.2) is 0 Å². The van der Waals surface area contributed by atoms with Gasteiger partial charge in [-0.05, 0) is 0 Å². The van der Waals surface area contributed by atoms with Crippen molar-refractivity contribution in [3.63, 3.8) is 0 Å². The molecule has 0 saturated carbocycles. The smallest absolute Gasteiger partial charge is 0 e. The van der Waals surface area contributed by atoms with E-state index in [1.54, 1.807) is 0 Å². The zero-order valence-electron chi connectivity index (χ0n) is 2.39. The van der Waals surface area contributed by atoms with Crippen LogP contribution in [0.4, 0.5) is 0 Å². The first kappa shape index (κ1) is 1540. The molecule has 0 saturated heterocycles. The summed E-state index contributed by atoms with van der Waals surface area (Å²) in [4.78, 5) is 0. The van der Waals surface area contributed by atoms with Crippen molar-refractivity contribution in [2.45, 2.75) is 0 Å². The van der Waals surface area contributed by atoms with Gasteiger partial charge in [0, 0.05) is 20.4 Å². The predicted octanol–water partition coefficient (Wildman–Crippen LogP) is -12.8. The predicted molar refractivity (Wildman–Crippen MR) is 3.61 cm³/mol. The zero-order valence-corrected chi connectivity index (χ0v) is 5.11. The minimum Gasteiger partial charge on any atom is -1.00 e. The molecule has 0 heterocycles. The Morgan fingerprint density at radius 3 is 0.500 bits per heavy atom. The molecule has 0 aliphatic rings. The maximum absolute atomic E-state index is 0. The van der Waals surface area contributed by atoms with Crippen molar-refractivity contribution in [1.29, 1.82) is 0 Å². The molecule has 47 valence electrons. The van der Waals surface area contributed by atoms with E-state index in [4.69, 9.17) is 0 Å². The molecule has 0 spiro atoms. The van der Waals surface area contributed by atoms with Crippen LogP contribution >= 0.6 is 0 Å². The van der Waals surface area contributed by atoms with Crippen molar-refractivity contribution in [1.82, 2.24) is 0 Å². The first-order chi connectivity index (χ1) is 0. The molecule has 0 aromatic heterocycles. The van der Waals surface area contributed by atoms with Crippen LogP contribution in [0, 0.1) is 0 Å². The van der Waals surface area contributed by atoms with E-state index in [1.807, 2.05) is 0 Å². The van der Waals surface area contributed by atoms with Gasteiger partial charge in [0.15, 0.2) is 0 Å². The second-order valence-corrected chi connectivity index (χ2v) is 0. The monoisotopic (exact) mass is 281 g/mol. The molecule has 0 aromatic rings. The third-order valence-corrected chi connectivity index (χ3v) is 0. The van der Waals surface area contributed by atoms with Crippen LogP contribution in [0.1, 0.15) is 0 Å². The van der Waals surface area contributed by atoms with Gasteiger partial charge in [0.1, 0.15) is 0 Å². The topological polar surface area (TPSA) is 31.5 Å². The molecule has 0 aliphatic heterocycles. The van der Waals surface area contributed by atoms with Gasteiger partial charge in [0.05, 0.1) is 0 Å². The molecule has 0 atom stereocenters. The van der Waals surface area contributed by atoms with E-state index in [-0.39, 0.29) is 44.7 Å². The van der Waals surface area contributed by atoms with Crippen LogP contribution in [0.5, 0.6) is 0 Å². The molecule has 2 N–H and O–H groups in total. The molecule has 0 amide bonds. The van der Waals surface area contributed by atoms with Crippen LogP contribution < -0.4 is 18.8 Å². The minimum absolute atomic E-state index is 0. The second kappa shape index (κ2) is 860. The molecular weight excluding hydrogens is 278 g/mol. The van der Waals surface area contributed by atoms with Crippen LogP contribution in [0.3, 0.4) is 0 Å². The van der Waals surface area contributed by atoms with Gasteiger partial charge in [0.25, 0.3) is 0 Å². The average molecular weight is 280 g/mol. The van der Waals surface area contributed by atoms with Gasteiger partial charge in [-0.2, -0.15) is 0 Å². The summed E-state index contributed by atoms with van der Waals surface area (Å²) in [6.45, 7) is 0. The van der Waals surface area contributed by atoms with Gasteiger partial charge >= 0.3 is 0 Å². The molecule has 6 heteroatoms. The van der Waals surface area contributed by atoms with Gasteiger partial charge in [0.2, 0.25) is 0 Å². The SMILES string of the molecule is O.[F-].[F-].[F-].[F-].[Re]. The van der Waals surface area contributed by atoms with Crippen molar-refractivity contribution in [3.8, 4) is 0 Å². The van der Waals surface area contributed by atoms with E-state index in [0.29, 0.717) is 0 Å². The Hall–Kier alpha value is 0.342. The largest absolute Gasteiger partial charge is 1.00 e. The van der Waals surface area contributed by atoms with Gasteiger partial charge in [-0.15, -0.1) is 0 Å². The maximum atomic E-state index is 0. The molecule has 0 fully saturated rings. The van der Waals surface area contributed by atoms with Crippen molar-refractivity contribution < 1.29 is 44.7 Å². The Labute approximate surface area is 45.5 Å². The Morgan fingerprint density at radius 2 is 0.500 bits per heavy atom. The molecule has 6 heavy (non-hydrogen) atoms. The normalized spacial score (nSPS) is 0. The molecule has 0 bridgehead atoms. The number of halogens is 4. The van der Waals surface area contributed by atoms with Crippen molar-refractivity contribution >= 4 is 0 Å². The van der Waals surface area contributed by atoms with E-state index in [1.165, 1.54) is 0 Å². The third-order valence-electron chi connectivity index (χ3n) is 0. The average Bonchev–Trinajstić information content (AvgIpc) is 0. The van der Waals surface area contributed by atoms with E-state index < -0.39 is 0 Å². The van der Waals surface area contributed by atoms with Crippen LogP contribution in [0.25, 0.3) is 0 Å². The fourth-order valence-corrected chi connectivity index (χ4v) is 0. The van der Waals surface area contributed by atoms with Crippen LogP contribution in [0.2, 0.25) is 0 Å². The van der Waals surface area contributed by atoms with Gasteiger partial charge < -0.3 is 24.3 Å². The fourth-order valence-electron chi connectivity index (χ4n) is 0. The molecule has 0 aliphatic carbocycles. The molecule has 0 rings (SSSR count). The minimum atomic E-state index is 0. The summed E-state index contributed by atoms with van der Waals surface area (Å²) >= 11 is 0. The number of hydrogen-bond donors (Lipinski definition) is 0. The zero-order chi connectivity index (χ0) is 0. The summed E-state index contributed by atoms with van der Waals surface area (Å²) < 4.78 is 0. The van der Waals surface area contributed by atoms with E-state index >= 15 is 0 Å². The standard InChI is InChI=1S/4FH.H2O.Re/h4*1H;1H2;/p-4. The molecular formula is H2F4ORe-4. The van der Waals surface area contributed by atoms with Crippen molar-refractivity contribution in [2.24, 2.45) is 0 Å². The van der Waals surface area contributed by atoms with Crippen LogP contribution in [-0.4, -0.2) is 5.48 Å². The first-order valence-electron chi connectivity index (χ1n) is 0. The summed E-state index contributed by atoms with van der Waals surface area (Å²) in [5, 5.41) is 0. The summed E-state index contributed by atoms with van der Waals surface area (Å²) in [7, 11) is 0. The Bertz CT molecular complexity index is 7.51. The van der Waals surface area contributed by atoms with E-state index in [9.17, 15) is 0 Å². The number of rotatable bonds is 0. The molecule has 1 radical (unpaired) electrons. The molecule has 1 nitrogen and oxygen atoms in total. The molecule has 0 aromatic carbocycles. The Balaban J connectivity index is 0. The van der Waals surface area contributed by atoms with Crippen molar-refractivity contribution in [2.75, 3.05) is 0 Å². The Kier molecular flexibility index (Phi) is 221000. The molecule has 0 unspecified atom stereocenters. The van der Waals surface area contributed by atoms with Crippen LogP contribution in [-0.2, 0) is 20.4 Å². The third kappa shape index (κ3) is 414. The summed E-state index contributed by atoms with van der Waals surface area (Å²) in [5.74, 6) is 0. The second-order valence-electron chi connectivity index (χ2n) is 0. The number of hydrogen-bond acceptors (Lipinski definition) is 0. The maximum Gasteiger partial charge on any atom is 0 e. The van der Waals surface area contributed by atoms with E-state index in [0.717, 1.165) is 0 Å². The first-order valence-corrected chi connectivity index (χ1v) is 0. The quantitative estimate of drug-likeness (QED) is 0.395. The summed E-state index contributed by atoms with van der Waals surface area (Å²) in [6.07, 6.45) is 0. The van der Waals surface area contributed by atoms with Gasteiger partial charge in [-0.25, -0.2) is 0 Å². The summed E-state index contributed by atoms with van der Waals surface area (Å²) in [6, 6.07) is 0. The van der Waals surface area contributed by atoms with Gasteiger partial charge in [-0.3, -0.25) is 0 Å². The van der Waals surface area contributed by atoms with E-state index in [2.05, 4.69) is 0 Å².